The van der Waals surface area contributed by atoms with Crippen LogP contribution in [0.3, 0.4) is 0 Å². The molecule has 0 aliphatic heterocycles. The topological polar surface area (TPSA) is 61.0 Å². The van der Waals surface area contributed by atoms with E-state index < -0.39 is 0 Å². The molecule has 0 aromatic carbocycles. The second-order valence-corrected chi connectivity index (χ2v) is 4.31. The zero-order valence-corrected chi connectivity index (χ0v) is 9.21. The predicted octanol–water partition coefficient (Wildman–Crippen LogP) is 1.36. The van der Waals surface area contributed by atoms with E-state index in [9.17, 15) is 0 Å². The Bertz CT molecular complexity index is 285. The van der Waals surface area contributed by atoms with Crippen molar-refractivity contribution in [2.45, 2.75) is 19.4 Å². The minimum atomic E-state index is -0.357. The second-order valence-electron chi connectivity index (χ2n) is 3.45. The third kappa shape index (κ3) is 3.69. The lowest BCUT2D eigenvalue weighted by Crippen LogP contribution is -2.38. The molecule has 0 saturated heterocycles. The molecule has 0 saturated carbocycles. The number of nitrogens with two attached hydrogens (primary N) is 1. The molecule has 0 fully saturated rings. The third-order valence-corrected chi connectivity index (χ3v) is 1.76. The minimum Gasteiger partial charge on any atom is -0.475 e. The van der Waals surface area contributed by atoms with E-state index in [-0.39, 0.29) is 5.54 Å². The minimum absolute atomic E-state index is 0.357. The fraction of sp³-hybridized carbons (Fsp3) is 0.500. The van der Waals surface area contributed by atoms with Crippen LogP contribution < -0.4 is 10.5 Å². The molecule has 72 valence electrons. The molecule has 0 aliphatic carbocycles. The van der Waals surface area contributed by atoms with Crippen molar-refractivity contribution in [2.75, 3.05) is 6.61 Å². The van der Waals surface area contributed by atoms with Crippen molar-refractivity contribution in [3.8, 4) is 5.88 Å². The van der Waals surface area contributed by atoms with Crippen LogP contribution in [-0.2, 0) is 0 Å². The lowest BCUT2D eigenvalue weighted by atomic mass is 10.1. The van der Waals surface area contributed by atoms with E-state index in [4.69, 9.17) is 10.5 Å². The maximum absolute atomic E-state index is 5.75. The van der Waals surface area contributed by atoms with Crippen molar-refractivity contribution in [1.82, 2.24) is 9.97 Å². The first kappa shape index (κ1) is 10.4. The summed E-state index contributed by atoms with van der Waals surface area (Å²) in [6, 6.07) is 0. The first-order valence-corrected chi connectivity index (χ1v) is 4.65. The quantitative estimate of drug-likeness (QED) is 0.874. The maximum atomic E-state index is 5.75. The molecular formula is C8H12BrN3O. The van der Waals surface area contributed by atoms with E-state index in [1.54, 1.807) is 6.20 Å². The van der Waals surface area contributed by atoms with E-state index in [1.807, 2.05) is 13.8 Å². The van der Waals surface area contributed by atoms with Gasteiger partial charge in [-0.15, -0.1) is 0 Å². The average Bonchev–Trinajstić information content (AvgIpc) is 2.01. The summed E-state index contributed by atoms with van der Waals surface area (Å²) >= 11 is 3.27. The van der Waals surface area contributed by atoms with Crippen molar-refractivity contribution in [3.63, 3.8) is 0 Å². The van der Waals surface area contributed by atoms with Crippen molar-refractivity contribution >= 4 is 15.9 Å². The zero-order valence-electron chi connectivity index (χ0n) is 7.62. The second kappa shape index (κ2) is 4.02. The van der Waals surface area contributed by atoms with E-state index in [0.29, 0.717) is 12.5 Å². The Hall–Kier alpha value is -0.680. The Morgan fingerprint density at radius 1 is 1.62 bits per heavy atom. The molecule has 1 aromatic rings. The fourth-order valence-corrected chi connectivity index (χ4v) is 0.997. The Kier molecular flexibility index (Phi) is 3.22. The summed E-state index contributed by atoms with van der Waals surface area (Å²) in [6.45, 7) is 4.20. The highest BCUT2D eigenvalue weighted by Gasteiger charge is 2.12. The smallest absolute Gasteiger partial charge is 0.231 e. The molecule has 0 aliphatic rings. The van der Waals surface area contributed by atoms with Gasteiger partial charge in [-0.2, -0.15) is 0 Å². The summed E-state index contributed by atoms with van der Waals surface area (Å²) in [7, 11) is 0. The molecule has 0 atom stereocenters. The van der Waals surface area contributed by atoms with Crippen LogP contribution in [-0.4, -0.2) is 22.1 Å². The molecule has 4 nitrogen and oxygen atoms in total. The summed E-state index contributed by atoms with van der Waals surface area (Å²) in [5, 5.41) is 0. The molecular weight excluding hydrogens is 234 g/mol. The van der Waals surface area contributed by atoms with Gasteiger partial charge in [0.25, 0.3) is 0 Å². The summed E-state index contributed by atoms with van der Waals surface area (Å²) in [5.74, 6) is 0.522. The van der Waals surface area contributed by atoms with Gasteiger partial charge in [-0.1, -0.05) is 0 Å². The van der Waals surface area contributed by atoms with Crippen LogP contribution >= 0.6 is 15.9 Å². The van der Waals surface area contributed by atoms with Crippen LogP contribution in [0, 0.1) is 0 Å². The molecule has 1 aromatic heterocycles. The summed E-state index contributed by atoms with van der Waals surface area (Å²) < 4.78 is 6.11. The summed E-state index contributed by atoms with van der Waals surface area (Å²) in [5.41, 5.74) is 5.39. The maximum Gasteiger partial charge on any atom is 0.231 e. The van der Waals surface area contributed by atoms with E-state index >= 15 is 0 Å². The molecule has 1 heterocycles. The molecule has 5 heteroatoms. The largest absolute Gasteiger partial charge is 0.475 e. The van der Waals surface area contributed by atoms with Gasteiger partial charge >= 0.3 is 0 Å². The van der Waals surface area contributed by atoms with Crippen molar-refractivity contribution < 1.29 is 4.74 Å². The number of halogens is 1. The van der Waals surface area contributed by atoms with Crippen LogP contribution in [0.4, 0.5) is 0 Å². The zero-order chi connectivity index (χ0) is 9.90. The highest BCUT2D eigenvalue weighted by atomic mass is 79.9. The lowest BCUT2D eigenvalue weighted by Gasteiger charge is -2.18. The number of rotatable bonds is 3. The molecule has 0 bridgehead atoms. The lowest BCUT2D eigenvalue weighted by molar-refractivity contribution is 0.233. The van der Waals surface area contributed by atoms with E-state index in [2.05, 4.69) is 25.9 Å². The Balaban J connectivity index is 2.60. The van der Waals surface area contributed by atoms with Gasteiger partial charge in [0.1, 0.15) is 12.9 Å². The molecule has 0 amide bonds. The average molecular weight is 246 g/mol. The van der Waals surface area contributed by atoms with Crippen molar-refractivity contribution in [1.29, 1.82) is 0 Å². The van der Waals surface area contributed by atoms with Gasteiger partial charge in [0.05, 0.1) is 4.47 Å². The third-order valence-electron chi connectivity index (χ3n) is 1.21. The first-order chi connectivity index (χ1) is 5.99. The van der Waals surface area contributed by atoms with Crippen LogP contribution in [0.1, 0.15) is 13.8 Å². The van der Waals surface area contributed by atoms with Crippen molar-refractivity contribution in [2.24, 2.45) is 5.73 Å². The van der Waals surface area contributed by atoms with Crippen LogP contribution in [0.15, 0.2) is 17.0 Å². The molecule has 2 N–H and O–H groups in total. The first-order valence-electron chi connectivity index (χ1n) is 3.86. The van der Waals surface area contributed by atoms with E-state index in [1.165, 1.54) is 6.33 Å². The van der Waals surface area contributed by atoms with E-state index in [0.717, 1.165) is 4.47 Å². The molecule has 1 rings (SSSR count). The number of hydrogen-bond donors (Lipinski definition) is 1. The standard InChI is InChI=1S/C8H12BrN3O/c1-8(2,10)4-13-7-6(9)3-11-5-12-7/h3,5H,4,10H2,1-2H3. The highest BCUT2D eigenvalue weighted by molar-refractivity contribution is 9.10. The molecule has 13 heavy (non-hydrogen) atoms. The van der Waals surface area contributed by atoms with Crippen LogP contribution in [0.2, 0.25) is 0 Å². The fourth-order valence-electron chi connectivity index (χ4n) is 0.662. The van der Waals surface area contributed by atoms with Gasteiger partial charge in [0.15, 0.2) is 0 Å². The van der Waals surface area contributed by atoms with Gasteiger partial charge in [-0.3, -0.25) is 0 Å². The summed E-state index contributed by atoms with van der Waals surface area (Å²) in [6.07, 6.45) is 3.06. The van der Waals surface area contributed by atoms with Gasteiger partial charge in [0, 0.05) is 11.7 Å². The van der Waals surface area contributed by atoms with Crippen LogP contribution in [0.5, 0.6) is 5.88 Å². The Morgan fingerprint density at radius 3 is 2.85 bits per heavy atom. The van der Waals surface area contributed by atoms with Gasteiger partial charge in [0.2, 0.25) is 5.88 Å². The highest BCUT2D eigenvalue weighted by Crippen LogP contribution is 2.20. The summed E-state index contributed by atoms with van der Waals surface area (Å²) in [4.78, 5) is 7.77. The van der Waals surface area contributed by atoms with Crippen LogP contribution in [0.25, 0.3) is 0 Å². The molecule has 0 spiro atoms. The number of nitrogens with zero attached hydrogens (tertiary/aromatic N) is 2. The number of aromatic nitrogens is 2. The Labute approximate surface area is 85.7 Å². The van der Waals surface area contributed by atoms with Gasteiger partial charge in [-0.25, -0.2) is 9.97 Å². The monoisotopic (exact) mass is 245 g/mol. The van der Waals surface area contributed by atoms with Gasteiger partial charge in [-0.05, 0) is 29.8 Å². The van der Waals surface area contributed by atoms with Gasteiger partial charge < -0.3 is 10.5 Å². The Morgan fingerprint density at radius 2 is 2.31 bits per heavy atom. The number of hydrogen-bond acceptors (Lipinski definition) is 4. The predicted molar refractivity (Wildman–Crippen MR) is 53.5 cm³/mol. The number of ether oxygens (including phenoxy) is 1. The molecule has 0 radical (unpaired) electrons. The normalized spacial score (nSPS) is 11.4. The SMILES string of the molecule is CC(C)(N)COc1ncncc1Br. The molecule has 0 unspecified atom stereocenters. The van der Waals surface area contributed by atoms with Crippen molar-refractivity contribution in [3.05, 3.63) is 17.0 Å².